The molecule has 0 saturated carbocycles. The minimum atomic E-state index is -4.25. The lowest BCUT2D eigenvalue weighted by molar-refractivity contribution is -0.151. The van der Waals surface area contributed by atoms with Gasteiger partial charge in [-0.15, -0.1) is 0 Å². The minimum Gasteiger partial charge on any atom is -0.478 e. The van der Waals surface area contributed by atoms with Gasteiger partial charge >= 0.3 is 5.97 Å². The fraction of sp³-hybridized carbons (Fsp3) is 0.400. The maximum absolute atomic E-state index is 12.9. The van der Waals surface area contributed by atoms with Gasteiger partial charge in [0.1, 0.15) is 0 Å². The zero-order chi connectivity index (χ0) is 23.7. The Morgan fingerprint density at radius 1 is 1.21 bits per heavy atom. The number of hydrogen-bond acceptors (Lipinski definition) is 8. The molecule has 178 valence electrons. The zero-order valence-corrected chi connectivity index (χ0v) is 18.5. The quantitative estimate of drug-likeness (QED) is 0.209. The number of rotatable bonds is 13. The Bertz CT molecular complexity index is 1050. The number of hydrogen-bond donors (Lipinski definition) is 5. The molecule has 33 heavy (non-hydrogen) atoms. The summed E-state index contributed by atoms with van der Waals surface area (Å²) in [6.45, 7) is 0.586. The van der Waals surface area contributed by atoms with Gasteiger partial charge in [-0.25, -0.2) is 18.2 Å². The van der Waals surface area contributed by atoms with E-state index in [0.717, 1.165) is 0 Å². The van der Waals surface area contributed by atoms with E-state index in [0.29, 0.717) is 31.8 Å². The normalized spacial score (nSPS) is 17.2. The lowest BCUT2D eigenvalue weighted by Gasteiger charge is -2.32. The monoisotopic (exact) mass is 478 g/mol. The van der Waals surface area contributed by atoms with E-state index < -0.39 is 33.7 Å². The number of benzene rings is 1. The topological polar surface area (TPSA) is 175 Å². The SMILES string of the molecule is O=C(NC(CCCCCNc1ncc[nH]1)(NS(=O)(=O)c1ccccc1)C(=O)O)C1CC=NO1. The number of aromatic nitrogens is 2. The molecule has 0 fully saturated rings. The van der Waals surface area contributed by atoms with Crippen molar-refractivity contribution in [2.24, 2.45) is 5.16 Å². The van der Waals surface area contributed by atoms with Crippen LogP contribution in [0.15, 0.2) is 52.8 Å². The second kappa shape index (κ2) is 10.9. The van der Waals surface area contributed by atoms with Crippen molar-refractivity contribution in [1.29, 1.82) is 0 Å². The molecule has 1 aromatic carbocycles. The first kappa shape index (κ1) is 24.2. The van der Waals surface area contributed by atoms with Gasteiger partial charge in [0.2, 0.25) is 21.8 Å². The van der Waals surface area contributed by atoms with E-state index in [1.54, 1.807) is 18.5 Å². The van der Waals surface area contributed by atoms with Crippen LogP contribution in [0.4, 0.5) is 5.95 Å². The fourth-order valence-electron chi connectivity index (χ4n) is 3.24. The molecular formula is C20H26N6O6S. The van der Waals surface area contributed by atoms with E-state index in [4.69, 9.17) is 4.84 Å². The van der Waals surface area contributed by atoms with Crippen LogP contribution in [-0.2, 0) is 24.4 Å². The average molecular weight is 479 g/mol. The molecule has 1 amide bonds. The van der Waals surface area contributed by atoms with Crippen molar-refractivity contribution < 1.29 is 28.0 Å². The highest BCUT2D eigenvalue weighted by Gasteiger charge is 2.45. The van der Waals surface area contributed by atoms with Crippen LogP contribution < -0.4 is 15.4 Å². The summed E-state index contributed by atoms with van der Waals surface area (Å²) >= 11 is 0. The van der Waals surface area contributed by atoms with Crippen LogP contribution in [0.1, 0.15) is 32.1 Å². The van der Waals surface area contributed by atoms with E-state index in [1.807, 2.05) is 0 Å². The highest BCUT2D eigenvalue weighted by Crippen LogP contribution is 2.20. The second-order valence-corrected chi connectivity index (χ2v) is 9.09. The lowest BCUT2D eigenvalue weighted by Crippen LogP contribution is -2.66. The number of imidazole rings is 1. The molecule has 2 unspecified atom stereocenters. The maximum Gasteiger partial charge on any atom is 0.345 e. The van der Waals surface area contributed by atoms with Gasteiger partial charge in [0.15, 0.2) is 5.95 Å². The predicted octanol–water partition coefficient (Wildman–Crippen LogP) is 1.03. The third-order valence-electron chi connectivity index (χ3n) is 4.96. The minimum absolute atomic E-state index is 0.118. The van der Waals surface area contributed by atoms with Crippen LogP contribution >= 0.6 is 0 Å². The molecule has 1 aliphatic rings. The van der Waals surface area contributed by atoms with Crippen LogP contribution in [0.5, 0.6) is 0 Å². The van der Waals surface area contributed by atoms with Gasteiger partial charge in [-0.05, 0) is 31.4 Å². The van der Waals surface area contributed by atoms with Gasteiger partial charge in [0.25, 0.3) is 5.91 Å². The number of H-pyrrole nitrogens is 1. The van der Waals surface area contributed by atoms with E-state index >= 15 is 0 Å². The smallest absolute Gasteiger partial charge is 0.345 e. The summed E-state index contributed by atoms with van der Waals surface area (Å²) in [7, 11) is -4.25. The Balaban J connectivity index is 1.70. The van der Waals surface area contributed by atoms with Gasteiger partial charge in [-0.1, -0.05) is 29.8 Å². The van der Waals surface area contributed by atoms with Crippen molar-refractivity contribution in [1.82, 2.24) is 20.0 Å². The lowest BCUT2D eigenvalue weighted by atomic mass is 10.0. The highest BCUT2D eigenvalue weighted by molar-refractivity contribution is 7.89. The van der Waals surface area contributed by atoms with Crippen LogP contribution in [0.25, 0.3) is 0 Å². The molecule has 13 heteroatoms. The van der Waals surface area contributed by atoms with Gasteiger partial charge in [-0.3, -0.25) is 4.79 Å². The third kappa shape index (κ3) is 6.52. The summed E-state index contributed by atoms with van der Waals surface area (Å²) in [4.78, 5) is 36.7. The van der Waals surface area contributed by atoms with E-state index in [-0.39, 0.29) is 17.7 Å². The summed E-state index contributed by atoms with van der Waals surface area (Å²) in [6.07, 6.45) is 5.22. The molecule has 0 aliphatic carbocycles. The molecule has 3 rings (SSSR count). The molecule has 2 aromatic rings. The number of nitrogens with one attached hydrogen (secondary N) is 4. The summed E-state index contributed by atoms with van der Waals surface area (Å²) < 4.78 is 28.0. The highest BCUT2D eigenvalue weighted by atomic mass is 32.2. The number of amides is 1. The summed E-state index contributed by atoms with van der Waals surface area (Å²) in [6, 6.07) is 7.35. The van der Waals surface area contributed by atoms with Crippen LogP contribution in [0.3, 0.4) is 0 Å². The van der Waals surface area contributed by atoms with Crippen molar-refractivity contribution in [3.8, 4) is 0 Å². The molecule has 0 radical (unpaired) electrons. The average Bonchev–Trinajstić information content (AvgIpc) is 3.50. The number of carbonyl (C=O) groups excluding carboxylic acids is 1. The Morgan fingerprint density at radius 2 is 2.00 bits per heavy atom. The van der Waals surface area contributed by atoms with E-state index in [2.05, 4.69) is 30.5 Å². The number of anilines is 1. The molecule has 0 bridgehead atoms. The number of aliphatic carboxylic acids is 1. The van der Waals surface area contributed by atoms with Gasteiger partial charge in [-0.2, -0.15) is 4.72 Å². The Labute approximate surface area is 190 Å². The summed E-state index contributed by atoms with van der Waals surface area (Å²) in [5.74, 6) is -1.68. The first-order chi connectivity index (χ1) is 15.8. The van der Waals surface area contributed by atoms with E-state index in [9.17, 15) is 23.1 Å². The van der Waals surface area contributed by atoms with Gasteiger partial charge in [0, 0.05) is 31.6 Å². The van der Waals surface area contributed by atoms with Crippen LogP contribution in [-0.4, -0.2) is 59.9 Å². The molecular weight excluding hydrogens is 452 g/mol. The molecule has 2 atom stereocenters. The zero-order valence-electron chi connectivity index (χ0n) is 17.7. The van der Waals surface area contributed by atoms with Crippen LogP contribution in [0.2, 0.25) is 0 Å². The molecule has 5 N–H and O–H groups in total. The predicted molar refractivity (Wildman–Crippen MR) is 119 cm³/mol. The van der Waals surface area contributed by atoms with Crippen molar-refractivity contribution in [3.63, 3.8) is 0 Å². The first-order valence-electron chi connectivity index (χ1n) is 10.4. The van der Waals surface area contributed by atoms with Crippen molar-refractivity contribution in [3.05, 3.63) is 42.7 Å². The number of aromatic amines is 1. The number of unbranched alkanes of at least 4 members (excludes halogenated alkanes) is 2. The number of sulfonamides is 1. The Hall–Kier alpha value is -3.45. The number of carbonyl (C=O) groups is 2. The number of carboxylic acids is 1. The summed E-state index contributed by atoms with van der Waals surface area (Å²) in [5, 5.41) is 19.0. The molecule has 1 aliphatic heterocycles. The maximum atomic E-state index is 12.9. The third-order valence-corrected chi connectivity index (χ3v) is 6.47. The molecule has 0 saturated heterocycles. The largest absolute Gasteiger partial charge is 0.478 e. The number of oxime groups is 1. The summed E-state index contributed by atoms with van der Waals surface area (Å²) in [5.41, 5.74) is -2.26. The first-order valence-corrected chi connectivity index (χ1v) is 11.9. The van der Waals surface area contributed by atoms with Crippen molar-refractivity contribution in [2.45, 2.75) is 48.8 Å². The van der Waals surface area contributed by atoms with E-state index in [1.165, 1.54) is 30.5 Å². The van der Waals surface area contributed by atoms with Crippen molar-refractivity contribution in [2.75, 3.05) is 11.9 Å². The molecule has 1 aromatic heterocycles. The number of carboxylic acid groups (broad SMARTS) is 1. The standard InChI is InChI=1S/C20H26N6O6S/c27-17(16-9-12-24-32-16)25-20(18(28)29,26-33(30,31)15-7-3-1-4-8-15)10-5-2-6-11-21-19-22-13-14-23-19/h1,3-4,7-8,12-14,16,26H,2,5-6,9-11H2,(H,25,27)(H,28,29)(H2,21,22,23). The number of nitrogens with zero attached hydrogens (tertiary/aromatic N) is 2. The van der Waals surface area contributed by atoms with Gasteiger partial charge in [0.05, 0.1) is 4.90 Å². The van der Waals surface area contributed by atoms with Crippen LogP contribution in [0, 0.1) is 0 Å². The molecule has 12 nitrogen and oxygen atoms in total. The van der Waals surface area contributed by atoms with Gasteiger partial charge < -0.3 is 25.6 Å². The molecule has 0 spiro atoms. The fourth-order valence-corrected chi connectivity index (χ4v) is 4.57. The Kier molecular flexibility index (Phi) is 8.01. The second-order valence-electron chi connectivity index (χ2n) is 7.41. The van der Waals surface area contributed by atoms with Crippen molar-refractivity contribution >= 4 is 34.1 Å². The Morgan fingerprint density at radius 3 is 2.64 bits per heavy atom. The molecule has 2 heterocycles.